The molecule has 2 saturated heterocycles. The second-order valence-corrected chi connectivity index (χ2v) is 9.00. The molecule has 0 aliphatic carbocycles. The van der Waals surface area contributed by atoms with Gasteiger partial charge in [0.1, 0.15) is 23.9 Å². The number of rotatable bonds is 7. The number of amides is 1. The Hall–Kier alpha value is -2.88. The molecule has 2 fully saturated rings. The van der Waals surface area contributed by atoms with Gasteiger partial charge < -0.3 is 20.3 Å². The molecule has 10 heteroatoms. The minimum Gasteiger partial charge on any atom is -0.474 e. The lowest BCUT2D eigenvalue weighted by Gasteiger charge is -2.40. The summed E-state index contributed by atoms with van der Waals surface area (Å²) in [5.74, 6) is -0.290. The molecule has 2 aromatic heterocycles. The van der Waals surface area contributed by atoms with Crippen molar-refractivity contribution in [2.75, 3.05) is 38.5 Å². The highest BCUT2D eigenvalue weighted by Crippen LogP contribution is 2.31. The molecular weight excluding hydrogens is 447 g/mol. The summed E-state index contributed by atoms with van der Waals surface area (Å²) in [6.45, 7) is 2.09. The van der Waals surface area contributed by atoms with Crippen molar-refractivity contribution >= 4 is 11.7 Å². The summed E-state index contributed by atoms with van der Waals surface area (Å²) in [7, 11) is 0. The van der Waals surface area contributed by atoms with E-state index in [4.69, 9.17) is 10.5 Å². The van der Waals surface area contributed by atoms with Crippen molar-refractivity contribution in [2.45, 2.75) is 50.0 Å². The smallest absolute Gasteiger partial charge is 0.260 e. The molecule has 34 heavy (non-hydrogen) atoms. The van der Waals surface area contributed by atoms with Gasteiger partial charge in [-0.3, -0.25) is 4.79 Å². The highest BCUT2D eigenvalue weighted by molar-refractivity contribution is 5.85. The number of halogens is 3. The Morgan fingerprint density at radius 2 is 1.91 bits per heavy atom. The molecule has 0 saturated carbocycles. The van der Waals surface area contributed by atoms with Gasteiger partial charge >= 0.3 is 0 Å². The van der Waals surface area contributed by atoms with Gasteiger partial charge in [0.15, 0.2) is 5.67 Å². The SMILES string of the molecule is Nc1cc(C(F)CCN2CCC(F)(C(=O)N3CCC(Oc4ccc(F)cn4)CC3)CC2)ccn1. The first-order valence-corrected chi connectivity index (χ1v) is 11.7. The minimum atomic E-state index is -1.89. The lowest BCUT2D eigenvalue weighted by molar-refractivity contribution is -0.149. The molecule has 2 aliphatic rings. The number of anilines is 1. The Morgan fingerprint density at radius 1 is 1.18 bits per heavy atom. The summed E-state index contributed by atoms with van der Waals surface area (Å²) in [6, 6.07) is 5.88. The van der Waals surface area contributed by atoms with E-state index >= 15 is 4.39 Å². The topological polar surface area (TPSA) is 84.6 Å². The van der Waals surface area contributed by atoms with Crippen LogP contribution in [-0.4, -0.2) is 70.2 Å². The number of piperidine rings is 2. The monoisotopic (exact) mass is 477 g/mol. The normalized spacial score (nSPS) is 20.1. The number of carbonyl (C=O) groups is 1. The fourth-order valence-electron chi connectivity index (χ4n) is 4.53. The number of ether oxygens (including phenoxy) is 1. The molecule has 0 aromatic carbocycles. The molecule has 0 radical (unpaired) electrons. The third-order valence-electron chi connectivity index (χ3n) is 6.61. The van der Waals surface area contributed by atoms with Crippen molar-refractivity contribution in [3.63, 3.8) is 0 Å². The zero-order valence-corrected chi connectivity index (χ0v) is 19.0. The molecule has 0 bridgehead atoms. The Bertz CT molecular complexity index is 961. The van der Waals surface area contributed by atoms with Crippen molar-refractivity contribution in [1.29, 1.82) is 0 Å². The largest absolute Gasteiger partial charge is 0.474 e. The summed E-state index contributed by atoms with van der Waals surface area (Å²) in [5, 5.41) is 0. The summed E-state index contributed by atoms with van der Waals surface area (Å²) < 4.78 is 48.8. The predicted molar refractivity (Wildman–Crippen MR) is 121 cm³/mol. The number of hydrogen-bond donors (Lipinski definition) is 1. The predicted octanol–water partition coefficient (Wildman–Crippen LogP) is 3.47. The van der Waals surface area contributed by atoms with Crippen LogP contribution in [0.1, 0.15) is 43.8 Å². The van der Waals surface area contributed by atoms with Crippen molar-refractivity contribution in [3.8, 4) is 5.88 Å². The lowest BCUT2D eigenvalue weighted by Crippen LogP contribution is -2.54. The van der Waals surface area contributed by atoms with Gasteiger partial charge in [-0.15, -0.1) is 0 Å². The average molecular weight is 478 g/mol. The zero-order chi connectivity index (χ0) is 24.1. The Labute approximate surface area is 197 Å². The molecule has 4 heterocycles. The summed E-state index contributed by atoms with van der Waals surface area (Å²) in [4.78, 5) is 24.3. The first-order valence-electron chi connectivity index (χ1n) is 11.7. The highest BCUT2D eigenvalue weighted by Gasteiger charge is 2.44. The van der Waals surface area contributed by atoms with Gasteiger partial charge in [-0.1, -0.05) is 0 Å². The number of pyridine rings is 2. The maximum Gasteiger partial charge on any atom is 0.260 e. The average Bonchev–Trinajstić information content (AvgIpc) is 2.85. The fourth-order valence-corrected chi connectivity index (χ4v) is 4.53. The first kappa shape index (κ1) is 24.3. The number of likely N-dealkylation sites (tertiary alicyclic amines) is 2. The summed E-state index contributed by atoms with van der Waals surface area (Å²) in [6.07, 6.45) is 2.84. The summed E-state index contributed by atoms with van der Waals surface area (Å²) in [5.41, 5.74) is 4.21. The van der Waals surface area contributed by atoms with Crippen molar-refractivity contribution in [3.05, 3.63) is 48.0 Å². The molecule has 2 N–H and O–H groups in total. The zero-order valence-electron chi connectivity index (χ0n) is 19.0. The Kier molecular flexibility index (Phi) is 7.55. The molecule has 4 rings (SSSR count). The third kappa shape index (κ3) is 5.97. The number of nitrogens with two attached hydrogens (primary N) is 1. The molecule has 1 atom stereocenters. The van der Waals surface area contributed by atoms with Gasteiger partial charge in [-0.05, 0) is 30.2 Å². The van der Waals surface area contributed by atoms with Crippen LogP contribution in [0.4, 0.5) is 19.0 Å². The lowest BCUT2D eigenvalue weighted by atomic mass is 9.90. The van der Waals surface area contributed by atoms with Crippen LogP contribution in [0.15, 0.2) is 36.7 Å². The van der Waals surface area contributed by atoms with E-state index in [2.05, 4.69) is 9.97 Å². The van der Waals surface area contributed by atoms with Crippen LogP contribution in [-0.2, 0) is 4.79 Å². The number of aromatic nitrogens is 2. The number of nitrogen functional groups attached to an aromatic ring is 1. The fraction of sp³-hybridized carbons (Fsp3) is 0.542. The Balaban J connectivity index is 1.20. The van der Waals surface area contributed by atoms with E-state index in [0.29, 0.717) is 57.0 Å². The standard InChI is InChI=1S/C24H30F3N5O2/c25-18-1-2-22(30-16-18)34-19-4-11-32(12-5-19)23(33)24(27)7-13-31(14-8-24)10-6-20(26)17-3-9-29-21(28)15-17/h1-3,9,15-16,19-20H,4-8,10-14H2,(H2,28,29). The maximum absolute atomic E-state index is 15.5. The molecule has 0 spiro atoms. The van der Waals surface area contributed by atoms with E-state index < -0.39 is 23.6 Å². The van der Waals surface area contributed by atoms with Crippen LogP contribution < -0.4 is 10.5 Å². The first-order chi connectivity index (χ1) is 16.3. The van der Waals surface area contributed by atoms with E-state index in [9.17, 15) is 13.6 Å². The molecule has 184 valence electrons. The van der Waals surface area contributed by atoms with Crippen LogP contribution in [0.3, 0.4) is 0 Å². The number of hydrogen-bond acceptors (Lipinski definition) is 6. The number of alkyl halides is 2. The quantitative estimate of drug-likeness (QED) is 0.658. The van der Waals surface area contributed by atoms with Gasteiger partial charge in [-0.25, -0.2) is 23.1 Å². The molecule has 7 nitrogen and oxygen atoms in total. The second kappa shape index (κ2) is 10.6. The van der Waals surface area contributed by atoms with Gasteiger partial charge in [0, 0.05) is 70.7 Å². The van der Waals surface area contributed by atoms with Crippen molar-refractivity contribution in [1.82, 2.24) is 19.8 Å². The molecule has 1 unspecified atom stereocenters. The van der Waals surface area contributed by atoms with Crippen LogP contribution >= 0.6 is 0 Å². The van der Waals surface area contributed by atoms with Crippen molar-refractivity contribution < 1.29 is 22.7 Å². The van der Waals surface area contributed by atoms with E-state index in [1.165, 1.54) is 24.4 Å². The van der Waals surface area contributed by atoms with Crippen LogP contribution in [0.2, 0.25) is 0 Å². The molecule has 2 aromatic rings. The Morgan fingerprint density at radius 3 is 2.56 bits per heavy atom. The van der Waals surface area contributed by atoms with Crippen LogP contribution in [0, 0.1) is 5.82 Å². The van der Waals surface area contributed by atoms with Gasteiger partial charge in [0.25, 0.3) is 5.91 Å². The van der Waals surface area contributed by atoms with Gasteiger partial charge in [0.05, 0.1) is 6.20 Å². The molecule has 1 amide bonds. The number of carbonyl (C=O) groups excluding carboxylic acids is 1. The van der Waals surface area contributed by atoms with Crippen molar-refractivity contribution in [2.24, 2.45) is 0 Å². The maximum atomic E-state index is 15.5. The molecular formula is C24H30F3N5O2. The minimum absolute atomic E-state index is 0.0981. The molecule has 2 aliphatic heterocycles. The summed E-state index contributed by atoms with van der Waals surface area (Å²) >= 11 is 0. The third-order valence-corrected chi connectivity index (χ3v) is 6.61. The van der Waals surface area contributed by atoms with Gasteiger partial charge in [-0.2, -0.15) is 0 Å². The van der Waals surface area contributed by atoms with Crippen LogP contribution in [0.5, 0.6) is 5.88 Å². The number of nitrogens with zero attached hydrogens (tertiary/aromatic N) is 4. The van der Waals surface area contributed by atoms with E-state index in [1.807, 2.05) is 4.90 Å². The van der Waals surface area contributed by atoms with Crippen LogP contribution in [0.25, 0.3) is 0 Å². The second-order valence-electron chi connectivity index (χ2n) is 9.00. The van der Waals surface area contributed by atoms with E-state index in [-0.39, 0.29) is 31.2 Å². The highest BCUT2D eigenvalue weighted by atomic mass is 19.1. The van der Waals surface area contributed by atoms with E-state index in [0.717, 1.165) is 6.20 Å². The van der Waals surface area contributed by atoms with Gasteiger partial charge in [0.2, 0.25) is 5.88 Å². The van der Waals surface area contributed by atoms with E-state index in [1.54, 1.807) is 11.0 Å².